The molecule has 17 heavy (non-hydrogen) atoms. The van der Waals surface area contributed by atoms with Gasteiger partial charge in [0.25, 0.3) is 0 Å². The van der Waals surface area contributed by atoms with E-state index in [-0.39, 0.29) is 0 Å². The Hall–Kier alpha value is -1.94. The summed E-state index contributed by atoms with van der Waals surface area (Å²) in [7, 11) is 0. The second-order valence-corrected chi connectivity index (χ2v) is 4.70. The Balaban J connectivity index is 2.10. The summed E-state index contributed by atoms with van der Waals surface area (Å²) in [6.45, 7) is 2.08. The molecule has 0 aliphatic heterocycles. The van der Waals surface area contributed by atoms with Crippen molar-refractivity contribution in [1.29, 1.82) is 0 Å². The van der Waals surface area contributed by atoms with E-state index in [0.29, 0.717) is 0 Å². The molecule has 0 aliphatic rings. The van der Waals surface area contributed by atoms with Crippen LogP contribution in [0.5, 0.6) is 0 Å². The fourth-order valence-corrected chi connectivity index (χ4v) is 2.35. The molecule has 3 nitrogen and oxygen atoms in total. The maximum absolute atomic E-state index is 4.36. The molecule has 0 amide bonds. The Kier molecular flexibility index (Phi) is 2.49. The van der Waals surface area contributed by atoms with Gasteiger partial charge in [-0.25, -0.2) is 9.67 Å². The van der Waals surface area contributed by atoms with Crippen LogP contribution >= 0.6 is 11.3 Å². The highest BCUT2D eigenvalue weighted by molar-refractivity contribution is 7.13. The largest absolute Gasteiger partial charge is 0.243 e. The third kappa shape index (κ3) is 1.87. The molecule has 0 atom stereocenters. The molecule has 0 radical (unpaired) electrons. The Labute approximate surface area is 103 Å². The van der Waals surface area contributed by atoms with Crippen LogP contribution in [0.15, 0.2) is 48.1 Å². The molecule has 3 aromatic rings. The average molecular weight is 241 g/mol. The number of nitrogens with zero attached hydrogens (tertiary/aromatic N) is 3. The van der Waals surface area contributed by atoms with Crippen molar-refractivity contribution in [1.82, 2.24) is 14.8 Å². The van der Waals surface area contributed by atoms with Crippen molar-refractivity contribution in [2.24, 2.45) is 0 Å². The zero-order valence-corrected chi connectivity index (χ0v) is 10.2. The first-order valence-corrected chi connectivity index (χ1v) is 6.23. The molecular formula is C13H11N3S. The molecule has 0 aliphatic carbocycles. The molecule has 0 spiro atoms. The van der Waals surface area contributed by atoms with Crippen molar-refractivity contribution in [3.63, 3.8) is 0 Å². The Morgan fingerprint density at radius 2 is 1.88 bits per heavy atom. The van der Waals surface area contributed by atoms with Gasteiger partial charge in [-0.3, -0.25) is 0 Å². The van der Waals surface area contributed by atoms with Crippen LogP contribution in [0.3, 0.4) is 0 Å². The Morgan fingerprint density at radius 3 is 2.59 bits per heavy atom. The van der Waals surface area contributed by atoms with Crippen molar-refractivity contribution in [2.75, 3.05) is 0 Å². The third-order valence-electron chi connectivity index (χ3n) is 2.57. The van der Waals surface area contributed by atoms with E-state index in [4.69, 9.17) is 0 Å². The lowest BCUT2D eigenvalue weighted by atomic mass is 10.2. The van der Waals surface area contributed by atoms with Crippen LogP contribution in [0, 0.1) is 6.92 Å². The minimum atomic E-state index is 0.989. The van der Waals surface area contributed by atoms with Crippen LogP contribution in [0.1, 0.15) is 5.56 Å². The van der Waals surface area contributed by atoms with Crippen molar-refractivity contribution in [3.8, 4) is 16.4 Å². The van der Waals surface area contributed by atoms with Crippen LogP contribution in [0.2, 0.25) is 0 Å². The summed E-state index contributed by atoms with van der Waals surface area (Å²) in [4.78, 5) is 4.32. The van der Waals surface area contributed by atoms with Gasteiger partial charge < -0.3 is 0 Å². The van der Waals surface area contributed by atoms with Crippen LogP contribution in [0.4, 0.5) is 0 Å². The zero-order valence-electron chi connectivity index (χ0n) is 9.37. The minimum absolute atomic E-state index is 0.989. The Morgan fingerprint density at radius 1 is 1.06 bits per heavy atom. The molecule has 2 heterocycles. The van der Waals surface area contributed by atoms with Crippen LogP contribution < -0.4 is 0 Å². The van der Waals surface area contributed by atoms with Crippen LogP contribution in [-0.4, -0.2) is 14.8 Å². The molecule has 0 saturated heterocycles. The first-order valence-electron chi connectivity index (χ1n) is 5.35. The summed E-state index contributed by atoms with van der Waals surface area (Å²) < 4.78 is 1.91. The first kappa shape index (κ1) is 10.2. The van der Waals surface area contributed by atoms with E-state index in [0.717, 1.165) is 16.4 Å². The van der Waals surface area contributed by atoms with E-state index in [2.05, 4.69) is 41.3 Å². The van der Waals surface area contributed by atoms with Crippen molar-refractivity contribution >= 4 is 11.3 Å². The van der Waals surface area contributed by atoms with Gasteiger partial charge in [0.2, 0.25) is 0 Å². The van der Waals surface area contributed by atoms with Gasteiger partial charge in [-0.05, 0) is 25.1 Å². The minimum Gasteiger partial charge on any atom is -0.243 e. The second kappa shape index (κ2) is 4.14. The smallest absolute Gasteiger partial charge is 0.141 e. The Bertz CT molecular complexity index is 608. The summed E-state index contributed by atoms with van der Waals surface area (Å²) in [5, 5.41) is 7.32. The monoisotopic (exact) mass is 241 g/mol. The summed E-state index contributed by atoms with van der Waals surface area (Å²) in [6, 6.07) is 10.3. The van der Waals surface area contributed by atoms with Crippen LogP contribution in [0.25, 0.3) is 16.4 Å². The number of hydrogen-bond acceptors (Lipinski definition) is 3. The number of rotatable bonds is 2. The molecule has 0 saturated carbocycles. The molecule has 84 valence electrons. The number of hydrogen-bond donors (Lipinski definition) is 0. The summed E-state index contributed by atoms with van der Waals surface area (Å²) in [5.74, 6) is 0. The number of aryl methyl sites for hydroxylation is 1. The number of aromatic nitrogens is 3. The second-order valence-electron chi connectivity index (χ2n) is 3.80. The van der Waals surface area contributed by atoms with Gasteiger partial charge >= 0.3 is 0 Å². The van der Waals surface area contributed by atoms with Gasteiger partial charge in [0.15, 0.2) is 0 Å². The van der Waals surface area contributed by atoms with Crippen molar-refractivity contribution in [2.45, 2.75) is 6.92 Å². The normalized spacial score (nSPS) is 10.6. The van der Waals surface area contributed by atoms with E-state index in [1.54, 1.807) is 17.5 Å². The van der Waals surface area contributed by atoms with Gasteiger partial charge in [-0.1, -0.05) is 17.7 Å². The summed E-state index contributed by atoms with van der Waals surface area (Å²) in [6.07, 6.45) is 3.61. The maximum Gasteiger partial charge on any atom is 0.141 e. The lowest BCUT2D eigenvalue weighted by Gasteiger charge is -2.05. The summed E-state index contributed by atoms with van der Waals surface area (Å²) >= 11 is 1.62. The van der Waals surface area contributed by atoms with Gasteiger partial charge in [-0.2, -0.15) is 5.10 Å². The van der Waals surface area contributed by atoms with E-state index in [1.807, 2.05) is 22.3 Å². The van der Waals surface area contributed by atoms with E-state index in [1.165, 1.54) is 5.56 Å². The molecule has 0 N–H and O–H groups in total. The SMILES string of the molecule is Cc1ccc(-n2nccc2-c2nccs2)cc1. The highest BCUT2D eigenvalue weighted by atomic mass is 32.1. The fourth-order valence-electron chi connectivity index (χ4n) is 1.71. The molecule has 2 aromatic heterocycles. The highest BCUT2D eigenvalue weighted by Crippen LogP contribution is 2.24. The van der Waals surface area contributed by atoms with Crippen LogP contribution in [-0.2, 0) is 0 Å². The number of benzene rings is 1. The molecule has 1 aromatic carbocycles. The standard InChI is InChI=1S/C13H11N3S/c1-10-2-4-11(5-3-10)16-12(6-7-15-16)13-14-8-9-17-13/h2-9H,1H3. The average Bonchev–Trinajstić information content (AvgIpc) is 3.00. The highest BCUT2D eigenvalue weighted by Gasteiger charge is 2.08. The predicted octanol–water partition coefficient (Wildman–Crippen LogP) is 3.30. The first-order chi connectivity index (χ1) is 8.34. The molecule has 0 fully saturated rings. The predicted molar refractivity (Wildman–Crippen MR) is 69.4 cm³/mol. The molecule has 0 unspecified atom stereocenters. The fraction of sp³-hybridized carbons (Fsp3) is 0.0769. The molecular weight excluding hydrogens is 230 g/mol. The summed E-state index contributed by atoms with van der Waals surface area (Å²) in [5.41, 5.74) is 3.34. The maximum atomic E-state index is 4.36. The lowest BCUT2D eigenvalue weighted by Crippen LogP contribution is -1.98. The van der Waals surface area contributed by atoms with E-state index < -0.39 is 0 Å². The van der Waals surface area contributed by atoms with Crippen molar-refractivity contribution in [3.05, 3.63) is 53.7 Å². The zero-order chi connectivity index (χ0) is 11.7. The van der Waals surface area contributed by atoms with Crippen molar-refractivity contribution < 1.29 is 0 Å². The van der Waals surface area contributed by atoms with E-state index in [9.17, 15) is 0 Å². The van der Waals surface area contributed by atoms with Gasteiger partial charge in [0.1, 0.15) is 10.7 Å². The van der Waals surface area contributed by atoms with Gasteiger partial charge in [0.05, 0.1) is 11.9 Å². The molecule has 4 heteroatoms. The quantitative estimate of drug-likeness (QED) is 0.689. The third-order valence-corrected chi connectivity index (χ3v) is 3.37. The number of thiazole rings is 1. The topological polar surface area (TPSA) is 30.7 Å². The lowest BCUT2D eigenvalue weighted by molar-refractivity contribution is 0.886. The molecule has 0 bridgehead atoms. The van der Waals surface area contributed by atoms with Gasteiger partial charge in [0, 0.05) is 11.6 Å². The van der Waals surface area contributed by atoms with E-state index >= 15 is 0 Å². The van der Waals surface area contributed by atoms with Gasteiger partial charge in [-0.15, -0.1) is 11.3 Å². The molecule has 3 rings (SSSR count).